The van der Waals surface area contributed by atoms with Crippen molar-refractivity contribution in [1.82, 2.24) is 19.3 Å². The van der Waals surface area contributed by atoms with Crippen molar-refractivity contribution in [3.8, 4) is 0 Å². The van der Waals surface area contributed by atoms with Gasteiger partial charge in [0.15, 0.2) is 11.5 Å². The summed E-state index contributed by atoms with van der Waals surface area (Å²) in [6, 6.07) is 0.329. The van der Waals surface area contributed by atoms with Crippen LogP contribution < -0.4 is 10.6 Å². The van der Waals surface area contributed by atoms with Crippen LogP contribution in [0, 0.1) is 6.92 Å². The van der Waals surface area contributed by atoms with Gasteiger partial charge in [0.2, 0.25) is 0 Å². The lowest BCUT2D eigenvalue weighted by atomic mass is 10.1. The Hall–Kier alpha value is -2.12. The number of likely N-dealkylation sites (tertiary alicyclic amines) is 1. The van der Waals surface area contributed by atoms with E-state index in [-0.39, 0.29) is 0 Å². The number of nitrogens with zero attached hydrogens (tertiary/aromatic N) is 6. The second-order valence-corrected chi connectivity index (χ2v) is 7.11. The maximum atomic E-state index is 6.38. The van der Waals surface area contributed by atoms with E-state index in [0.717, 1.165) is 54.6 Å². The summed E-state index contributed by atoms with van der Waals surface area (Å²) in [5, 5.41) is 0.576. The van der Waals surface area contributed by atoms with Crippen molar-refractivity contribution in [2.45, 2.75) is 19.4 Å². The molecule has 0 aliphatic carbocycles. The Morgan fingerprint density at radius 3 is 2.76 bits per heavy atom. The van der Waals surface area contributed by atoms with Gasteiger partial charge in [-0.1, -0.05) is 11.6 Å². The first-order chi connectivity index (χ1) is 12.1. The fourth-order valence-corrected chi connectivity index (χ4v) is 3.55. The van der Waals surface area contributed by atoms with Crippen LogP contribution in [0.4, 0.5) is 5.82 Å². The van der Waals surface area contributed by atoms with Crippen molar-refractivity contribution in [3.05, 3.63) is 28.9 Å². The molecule has 2 saturated heterocycles. The van der Waals surface area contributed by atoms with Crippen molar-refractivity contribution in [2.24, 2.45) is 10.7 Å². The predicted molar refractivity (Wildman–Crippen MR) is 102 cm³/mol. The first-order valence-electron chi connectivity index (χ1n) is 8.51. The average molecular weight is 360 g/mol. The van der Waals surface area contributed by atoms with Crippen LogP contribution in [0.5, 0.6) is 0 Å². The second kappa shape index (κ2) is 6.31. The van der Waals surface area contributed by atoms with E-state index in [1.807, 2.05) is 17.5 Å². The van der Waals surface area contributed by atoms with Crippen LogP contribution in [0.2, 0.25) is 5.15 Å². The quantitative estimate of drug-likeness (QED) is 0.839. The Morgan fingerprint density at radius 1 is 1.40 bits per heavy atom. The van der Waals surface area contributed by atoms with Crippen molar-refractivity contribution in [2.75, 3.05) is 38.1 Å². The molecule has 8 heteroatoms. The molecular formula is C17H22ClN7. The minimum atomic E-state index is 0.329. The van der Waals surface area contributed by atoms with Crippen LogP contribution in [-0.2, 0) is 0 Å². The zero-order valence-electron chi connectivity index (χ0n) is 14.5. The molecule has 25 heavy (non-hydrogen) atoms. The highest BCUT2D eigenvalue weighted by molar-refractivity contribution is 6.30. The third kappa shape index (κ3) is 2.77. The molecule has 0 aromatic carbocycles. The van der Waals surface area contributed by atoms with Gasteiger partial charge in [-0.3, -0.25) is 9.39 Å². The molecule has 2 aromatic rings. The number of imidazole rings is 1. The number of hydrogen-bond donors (Lipinski definition) is 1. The summed E-state index contributed by atoms with van der Waals surface area (Å²) < 4.78 is 1.94. The van der Waals surface area contributed by atoms with Gasteiger partial charge >= 0.3 is 0 Å². The van der Waals surface area contributed by atoms with Gasteiger partial charge in [0.1, 0.15) is 5.15 Å². The molecule has 2 aliphatic rings. The van der Waals surface area contributed by atoms with E-state index in [9.17, 15) is 0 Å². The Balaban J connectivity index is 1.77. The SMILES string of the molecule is Cc1c(/C(C=NC2CN(C)C2)=C/N)nc(N2CCC2)c2ncc(Cl)n12. The van der Waals surface area contributed by atoms with Gasteiger partial charge in [0.05, 0.1) is 17.9 Å². The third-order valence-corrected chi connectivity index (χ3v) is 5.16. The smallest absolute Gasteiger partial charge is 0.181 e. The molecule has 4 heterocycles. The average Bonchev–Trinajstić information content (AvgIpc) is 2.90. The Morgan fingerprint density at radius 2 is 2.16 bits per heavy atom. The maximum absolute atomic E-state index is 6.38. The number of fused-ring (bicyclic) bond motifs is 1. The van der Waals surface area contributed by atoms with E-state index in [0.29, 0.717) is 11.2 Å². The highest BCUT2D eigenvalue weighted by Crippen LogP contribution is 2.30. The summed E-state index contributed by atoms with van der Waals surface area (Å²) in [4.78, 5) is 18.4. The number of allylic oxidation sites excluding steroid dienone is 1. The molecule has 132 valence electrons. The van der Waals surface area contributed by atoms with Gasteiger partial charge in [-0.05, 0) is 20.4 Å². The van der Waals surface area contributed by atoms with E-state index < -0.39 is 0 Å². The Bertz CT molecular complexity index is 859. The molecule has 0 unspecified atom stereocenters. The standard InChI is InChI=1S/C17H22ClN7/c1-11-15(12(6-19)7-20-13-9-23(2)10-13)22-17(24-4-3-5-24)16-21-8-14(18)25(11)16/h6-8,13H,3-5,9-10,19H2,1-2H3/b12-6+,20-7?. The molecule has 0 saturated carbocycles. The Kier molecular flexibility index (Phi) is 4.13. The number of hydrogen-bond acceptors (Lipinski definition) is 6. The number of halogens is 1. The van der Waals surface area contributed by atoms with Gasteiger partial charge in [-0.2, -0.15) is 0 Å². The molecule has 2 aromatic heterocycles. The lowest BCUT2D eigenvalue weighted by Gasteiger charge is -2.33. The molecule has 0 radical (unpaired) electrons. The van der Waals surface area contributed by atoms with E-state index >= 15 is 0 Å². The number of anilines is 1. The van der Waals surface area contributed by atoms with Crippen LogP contribution in [0.15, 0.2) is 17.4 Å². The molecule has 2 N–H and O–H groups in total. The zero-order chi connectivity index (χ0) is 17.6. The van der Waals surface area contributed by atoms with E-state index in [1.54, 1.807) is 12.4 Å². The summed E-state index contributed by atoms with van der Waals surface area (Å²) in [6.45, 7) is 5.91. The number of nitrogens with two attached hydrogens (primary N) is 1. The third-order valence-electron chi connectivity index (χ3n) is 4.89. The summed E-state index contributed by atoms with van der Waals surface area (Å²) in [7, 11) is 2.09. The van der Waals surface area contributed by atoms with Crippen LogP contribution in [0.3, 0.4) is 0 Å². The van der Waals surface area contributed by atoms with Crippen LogP contribution in [-0.4, -0.2) is 64.8 Å². The molecule has 0 atom stereocenters. The summed E-state index contributed by atoms with van der Waals surface area (Å²) in [5.41, 5.74) is 9.21. The van der Waals surface area contributed by atoms with E-state index in [2.05, 4.69) is 26.8 Å². The van der Waals surface area contributed by atoms with Gasteiger partial charge in [0.25, 0.3) is 0 Å². The van der Waals surface area contributed by atoms with Gasteiger partial charge in [0, 0.05) is 49.9 Å². The second-order valence-electron chi connectivity index (χ2n) is 6.73. The van der Waals surface area contributed by atoms with Crippen molar-refractivity contribution in [3.63, 3.8) is 0 Å². The van der Waals surface area contributed by atoms with Crippen LogP contribution in [0.25, 0.3) is 11.2 Å². The monoisotopic (exact) mass is 359 g/mol. The number of aliphatic imine (C=N–C) groups is 1. The minimum absolute atomic E-state index is 0.329. The molecule has 2 aliphatic heterocycles. The fraction of sp³-hybridized carbons (Fsp3) is 0.471. The molecule has 0 amide bonds. The molecule has 0 bridgehead atoms. The highest BCUT2D eigenvalue weighted by atomic mass is 35.5. The van der Waals surface area contributed by atoms with E-state index in [4.69, 9.17) is 22.3 Å². The van der Waals surface area contributed by atoms with Crippen molar-refractivity contribution < 1.29 is 0 Å². The topological polar surface area (TPSA) is 75.0 Å². The first-order valence-corrected chi connectivity index (χ1v) is 8.88. The zero-order valence-corrected chi connectivity index (χ0v) is 15.2. The predicted octanol–water partition coefficient (Wildman–Crippen LogP) is 1.59. The molecule has 0 spiro atoms. The lowest BCUT2D eigenvalue weighted by molar-refractivity contribution is 0.194. The van der Waals surface area contributed by atoms with Gasteiger partial charge in [-0.15, -0.1) is 0 Å². The number of rotatable bonds is 4. The van der Waals surface area contributed by atoms with Crippen molar-refractivity contribution in [1.29, 1.82) is 0 Å². The Labute approximate surface area is 151 Å². The largest absolute Gasteiger partial charge is 0.404 e. The molecule has 7 nitrogen and oxygen atoms in total. The van der Waals surface area contributed by atoms with E-state index in [1.165, 1.54) is 6.42 Å². The number of aryl methyl sites for hydroxylation is 1. The van der Waals surface area contributed by atoms with Crippen LogP contribution in [0.1, 0.15) is 17.8 Å². The minimum Gasteiger partial charge on any atom is -0.404 e. The van der Waals surface area contributed by atoms with Gasteiger partial charge < -0.3 is 15.5 Å². The first kappa shape index (κ1) is 16.4. The number of likely N-dealkylation sites (N-methyl/N-ethyl adjacent to an activating group) is 1. The van der Waals surface area contributed by atoms with Crippen LogP contribution >= 0.6 is 11.6 Å². The lowest BCUT2D eigenvalue weighted by Crippen LogP contribution is -2.46. The summed E-state index contributed by atoms with van der Waals surface area (Å²) in [5.74, 6) is 0.856. The molecule has 2 fully saturated rings. The maximum Gasteiger partial charge on any atom is 0.181 e. The summed E-state index contributed by atoms with van der Waals surface area (Å²) in [6.07, 6.45) is 6.24. The molecular weight excluding hydrogens is 338 g/mol. The normalized spacial score (nSPS) is 19.6. The van der Waals surface area contributed by atoms with Gasteiger partial charge in [-0.25, -0.2) is 9.97 Å². The summed E-state index contributed by atoms with van der Waals surface area (Å²) >= 11 is 6.38. The fourth-order valence-electron chi connectivity index (χ4n) is 3.29. The number of aromatic nitrogens is 3. The molecule has 4 rings (SSSR count). The van der Waals surface area contributed by atoms with Crippen molar-refractivity contribution >= 4 is 34.9 Å². The highest BCUT2D eigenvalue weighted by Gasteiger charge is 2.25.